The maximum Gasteiger partial charge on any atom is 0.280 e. The van der Waals surface area contributed by atoms with E-state index in [0.29, 0.717) is 10.4 Å². The van der Waals surface area contributed by atoms with Gasteiger partial charge in [0.1, 0.15) is 15.2 Å². The molecule has 13 heavy (non-hydrogen) atoms. The van der Waals surface area contributed by atoms with Gasteiger partial charge in [-0.1, -0.05) is 20.8 Å². The first-order valence-electron chi connectivity index (χ1n) is 4.21. The predicted molar refractivity (Wildman–Crippen MR) is 57.6 cm³/mol. The average molecular weight is 217 g/mol. The Bertz CT molecular complexity index is 274. The maximum absolute atomic E-state index is 11.8. The summed E-state index contributed by atoms with van der Waals surface area (Å²) in [6, 6.07) is 0. The fraction of sp³-hybridized carbons (Fsp3) is 0.750. The van der Waals surface area contributed by atoms with Gasteiger partial charge >= 0.3 is 0 Å². The monoisotopic (exact) mass is 217 g/mol. The van der Waals surface area contributed by atoms with Crippen molar-refractivity contribution in [3.8, 4) is 0 Å². The van der Waals surface area contributed by atoms with Gasteiger partial charge < -0.3 is 4.57 Å². The van der Waals surface area contributed by atoms with Crippen molar-refractivity contribution in [2.45, 2.75) is 32.4 Å². The van der Waals surface area contributed by atoms with E-state index in [9.17, 15) is 9.59 Å². The lowest BCUT2D eigenvalue weighted by atomic mass is 9.80. The molecule has 3 nitrogen and oxygen atoms in total. The van der Waals surface area contributed by atoms with Gasteiger partial charge in [-0.25, -0.2) is 0 Å². The smallest absolute Gasteiger partial charge is 0.280 e. The molecular formula is C8H15NO2SSi. The second kappa shape index (κ2) is 2.85. The number of rotatable bonds is 0. The Morgan fingerprint density at radius 2 is 1.85 bits per heavy atom. The van der Waals surface area contributed by atoms with Gasteiger partial charge in [-0.3, -0.25) is 9.59 Å². The lowest BCUT2D eigenvalue weighted by Gasteiger charge is -2.34. The van der Waals surface area contributed by atoms with Crippen LogP contribution in [0.3, 0.4) is 0 Å². The molecule has 1 aliphatic heterocycles. The summed E-state index contributed by atoms with van der Waals surface area (Å²) in [4.78, 5) is 23.2. The molecule has 0 bridgehead atoms. The van der Waals surface area contributed by atoms with Crippen LogP contribution in [0.1, 0.15) is 27.7 Å². The molecule has 0 saturated carbocycles. The molecule has 0 spiro atoms. The highest BCUT2D eigenvalue weighted by molar-refractivity contribution is 8.16. The Labute approximate surface area is 85.7 Å². The van der Waals surface area contributed by atoms with E-state index in [1.807, 2.05) is 27.7 Å². The molecule has 1 atom stereocenters. The zero-order valence-corrected chi connectivity index (χ0v) is 11.5. The first-order chi connectivity index (χ1) is 5.70. The number of amides is 2. The molecule has 1 unspecified atom stereocenters. The Morgan fingerprint density at radius 3 is 2.00 bits per heavy atom. The molecule has 1 heterocycles. The van der Waals surface area contributed by atoms with E-state index in [2.05, 4.69) is 0 Å². The van der Waals surface area contributed by atoms with Crippen molar-refractivity contribution in [1.29, 1.82) is 0 Å². The van der Waals surface area contributed by atoms with Crippen molar-refractivity contribution < 1.29 is 9.59 Å². The van der Waals surface area contributed by atoms with Gasteiger partial charge in [-0.15, -0.1) is 0 Å². The lowest BCUT2D eigenvalue weighted by Crippen LogP contribution is -2.45. The number of imide groups is 1. The number of thioether (sulfide) groups is 1. The summed E-state index contributed by atoms with van der Waals surface area (Å²) in [5.41, 5.74) is -0.177. The van der Waals surface area contributed by atoms with Gasteiger partial charge in [0.25, 0.3) is 5.24 Å². The van der Waals surface area contributed by atoms with Crippen LogP contribution in [0.5, 0.6) is 0 Å². The number of nitrogens with zero attached hydrogens (tertiary/aromatic N) is 1. The van der Waals surface area contributed by atoms with Crippen LogP contribution in [-0.2, 0) is 4.79 Å². The second-order valence-corrected chi connectivity index (χ2v) is 6.78. The van der Waals surface area contributed by atoms with E-state index in [-0.39, 0.29) is 16.6 Å². The van der Waals surface area contributed by atoms with Crippen LogP contribution in [0, 0.1) is 5.41 Å². The van der Waals surface area contributed by atoms with Crippen molar-refractivity contribution in [3.05, 3.63) is 0 Å². The minimum Gasteiger partial charge on any atom is -0.311 e. The first-order valence-corrected chi connectivity index (χ1v) is 5.92. The molecule has 0 aromatic carbocycles. The molecule has 0 aromatic heterocycles. The molecule has 1 saturated heterocycles. The van der Waals surface area contributed by atoms with Crippen LogP contribution in [0.4, 0.5) is 4.79 Å². The van der Waals surface area contributed by atoms with Crippen molar-refractivity contribution in [3.63, 3.8) is 0 Å². The third-order valence-corrected chi connectivity index (χ3v) is 5.49. The summed E-state index contributed by atoms with van der Waals surface area (Å²) in [6.07, 6.45) is 0. The summed E-state index contributed by atoms with van der Waals surface area (Å²) in [5.74, 6) is -0.0262. The minimum atomic E-state index is -0.578. The molecule has 74 valence electrons. The highest BCUT2D eigenvalue weighted by Crippen LogP contribution is 2.47. The third kappa shape index (κ3) is 1.44. The highest BCUT2D eigenvalue weighted by atomic mass is 32.2. The molecule has 0 aromatic rings. The molecule has 1 aliphatic rings. The van der Waals surface area contributed by atoms with Crippen LogP contribution < -0.4 is 0 Å². The fourth-order valence-corrected chi connectivity index (χ4v) is 3.15. The van der Waals surface area contributed by atoms with E-state index in [1.165, 1.54) is 4.57 Å². The summed E-state index contributed by atoms with van der Waals surface area (Å²) < 4.78 is 0.766. The topological polar surface area (TPSA) is 37.4 Å². The average Bonchev–Trinajstić information content (AvgIpc) is 2.15. The zero-order valence-electron chi connectivity index (χ0n) is 8.67. The van der Waals surface area contributed by atoms with Gasteiger partial charge in [0.05, 0.1) is 0 Å². The Morgan fingerprint density at radius 1 is 1.38 bits per heavy atom. The van der Waals surface area contributed by atoms with Crippen LogP contribution in [0.15, 0.2) is 0 Å². The van der Waals surface area contributed by atoms with E-state index in [0.717, 1.165) is 11.8 Å². The third-order valence-electron chi connectivity index (χ3n) is 2.71. The molecule has 2 amide bonds. The predicted octanol–water partition coefficient (Wildman–Crippen LogP) is 0.767. The molecule has 1 rings (SSSR count). The van der Waals surface area contributed by atoms with Crippen LogP contribution in [0.2, 0.25) is 0 Å². The zero-order chi connectivity index (χ0) is 10.4. The van der Waals surface area contributed by atoms with E-state index >= 15 is 0 Å². The summed E-state index contributed by atoms with van der Waals surface area (Å²) >= 11 is 1.16. The SMILES string of the molecule is CC(C)(C)C1(C)SC(=O)N([SiH3])C1=O. The normalized spacial score (nSPS) is 30.3. The Kier molecular flexibility index (Phi) is 2.36. The van der Waals surface area contributed by atoms with Crippen molar-refractivity contribution in [2.24, 2.45) is 5.41 Å². The second-order valence-electron chi connectivity index (χ2n) is 4.52. The van der Waals surface area contributed by atoms with E-state index < -0.39 is 4.75 Å². The molecule has 0 aliphatic carbocycles. The van der Waals surface area contributed by atoms with Crippen LogP contribution in [-0.4, -0.2) is 30.9 Å². The number of carbonyl (C=O) groups excluding carboxylic acids is 2. The molecule has 0 N–H and O–H groups in total. The van der Waals surface area contributed by atoms with Gasteiger partial charge in [-0.05, 0) is 24.1 Å². The molecule has 1 fully saturated rings. The van der Waals surface area contributed by atoms with E-state index in [1.54, 1.807) is 0 Å². The van der Waals surface area contributed by atoms with E-state index in [4.69, 9.17) is 0 Å². The van der Waals surface area contributed by atoms with Crippen LogP contribution >= 0.6 is 11.8 Å². The highest BCUT2D eigenvalue weighted by Gasteiger charge is 2.54. The minimum absolute atomic E-state index is 0.0262. The van der Waals surface area contributed by atoms with Gasteiger partial charge in [-0.2, -0.15) is 0 Å². The van der Waals surface area contributed by atoms with Crippen molar-refractivity contribution >= 4 is 33.3 Å². The summed E-state index contributed by atoms with van der Waals surface area (Å²) in [7, 11) is 0.489. The lowest BCUT2D eigenvalue weighted by molar-refractivity contribution is -0.128. The first kappa shape index (κ1) is 10.8. The largest absolute Gasteiger partial charge is 0.311 e. The van der Waals surface area contributed by atoms with Gasteiger partial charge in [0.2, 0.25) is 5.91 Å². The Hall–Kier alpha value is -0.293. The van der Waals surface area contributed by atoms with Crippen molar-refractivity contribution in [2.75, 3.05) is 0 Å². The Balaban J connectivity index is 3.09. The molecule has 5 heteroatoms. The molecule has 0 radical (unpaired) electrons. The quantitative estimate of drug-likeness (QED) is 0.562. The number of carbonyl (C=O) groups is 2. The van der Waals surface area contributed by atoms with Gasteiger partial charge in [0.15, 0.2) is 0 Å². The summed E-state index contributed by atoms with van der Waals surface area (Å²) in [5, 5.41) is -0.0888. The van der Waals surface area contributed by atoms with Crippen LogP contribution in [0.25, 0.3) is 0 Å². The maximum atomic E-state index is 11.8. The number of hydrogen-bond donors (Lipinski definition) is 0. The number of hydrogen-bond acceptors (Lipinski definition) is 3. The summed E-state index contributed by atoms with van der Waals surface area (Å²) in [6.45, 7) is 7.83. The van der Waals surface area contributed by atoms with Crippen molar-refractivity contribution in [1.82, 2.24) is 4.57 Å². The fourth-order valence-electron chi connectivity index (χ4n) is 1.16. The standard InChI is InChI=1S/C8H15NO2SSi/c1-7(2,3)8(4)5(10)9(13)6(11)12-8/h1-4,13H3. The molecular weight excluding hydrogens is 202 g/mol. The van der Waals surface area contributed by atoms with Gasteiger partial charge in [0, 0.05) is 0 Å².